The van der Waals surface area contributed by atoms with Crippen molar-refractivity contribution < 1.29 is 9.59 Å². The first kappa shape index (κ1) is 22.9. The highest BCUT2D eigenvalue weighted by molar-refractivity contribution is 7.98. The molecule has 178 valence electrons. The van der Waals surface area contributed by atoms with Gasteiger partial charge >= 0.3 is 0 Å². The lowest BCUT2D eigenvalue weighted by molar-refractivity contribution is -0.138. The number of carbonyl (C=O) groups is 2. The van der Waals surface area contributed by atoms with Gasteiger partial charge in [-0.2, -0.15) is 0 Å². The number of benzene rings is 2. The molecule has 2 aliphatic heterocycles. The van der Waals surface area contributed by atoms with Crippen LogP contribution in [0.5, 0.6) is 0 Å². The number of nitrogens with zero attached hydrogens (tertiary/aromatic N) is 4. The fourth-order valence-corrected chi connectivity index (χ4v) is 5.53. The van der Waals surface area contributed by atoms with E-state index < -0.39 is 0 Å². The number of piperidine rings is 1. The molecule has 3 heterocycles. The Morgan fingerprint density at radius 3 is 2.35 bits per heavy atom. The molecule has 0 aliphatic carbocycles. The summed E-state index contributed by atoms with van der Waals surface area (Å²) in [5.74, 6) is 1.16. The fraction of sp³-hybridized carbons (Fsp3) is 0.423. The summed E-state index contributed by atoms with van der Waals surface area (Å²) in [4.78, 5) is 40.0. The Bertz CT molecular complexity index is 1110. The lowest BCUT2D eigenvalue weighted by Gasteiger charge is -2.37. The van der Waals surface area contributed by atoms with E-state index in [0.29, 0.717) is 18.7 Å². The molecule has 0 saturated carbocycles. The molecule has 2 saturated heterocycles. The number of likely N-dealkylation sites (tertiary alicyclic amines) is 1. The van der Waals surface area contributed by atoms with Gasteiger partial charge in [-0.1, -0.05) is 36.0 Å². The number of thioether (sulfide) groups is 1. The summed E-state index contributed by atoms with van der Waals surface area (Å²) >= 11 is 1.66. The van der Waals surface area contributed by atoms with E-state index in [-0.39, 0.29) is 17.7 Å². The van der Waals surface area contributed by atoms with Crippen LogP contribution in [0.3, 0.4) is 0 Å². The van der Waals surface area contributed by atoms with Gasteiger partial charge in [-0.25, -0.2) is 4.98 Å². The molecule has 3 aromatic rings. The van der Waals surface area contributed by atoms with E-state index in [2.05, 4.69) is 21.9 Å². The zero-order valence-electron chi connectivity index (χ0n) is 19.6. The predicted octanol–water partition coefficient (Wildman–Crippen LogP) is 3.48. The number of aromatic amines is 1. The molecule has 7 nitrogen and oxygen atoms in total. The van der Waals surface area contributed by atoms with Crippen LogP contribution in [-0.2, 0) is 10.5 Å². The van der Waals surface area contributed by atoms with Gasteiger partial charge in [0.05, 0.1) is 11.0 Å². The van der Waals surface area contributed by atoms with Gasteiger partial charge in [0.15, 0.2) is 5.16 Å². The summed E-state index contributed by atoms with van der Waals surface area (Å²) in [7, 11) is 2.10. The second-order valence-electron chi connectivity index (χ2n) is 9.24. The molecule has 0 radical (unpaired) electrons. The number of rotatable bonds is 5. The summed E-state index contributed by atoms with van der Waals surface area (Å²) < 4.78 is 0. The van der Waals surface area contributed by atoms with Crippen molar-refractivity contribution in [1.29, 1.82) is 0 Å². The van der Waals surface area contributed by atoms with Gasteiger partial charge in [0.1, 0.15) is 0 Å². The SMILES string of the molecule is CN1CCN(C(=O)C2CCN(C(=O)c3ccc(CSc4nc5ccccc5[nH]4)cc3)CC2)CC1. The molecule has 1 aromatic heterocycles. The molecule has 2 amide bonds. The maximum Gasteiger partial charge on any atom is 0.253 e. The number of imidazole rings is 1. The van der Waals surface area contributed by atoms with E-state index in [1.165, 1.54) is 0 Å². The number of fused-ring (bicyclic) bond motifs is 1. The number of likely N-dealkylation sites (N-methyl/N-ethyl adjacent to an activating group) is 1. The Morgan fingerprint density at radius 1 is 0.941 bits per heavy atom. The average Bonchev–Trinajstić information content (AvgIpc) is 3.31. The Hall–Kier alpha value is -2.84. The lowest BCUT2D eigenvalue weighted by Crippen LogP contribution is -2.51. The number of H-pyrrole nitrogens is 1. The van der Waals surface area contributed by atoms with Crippen LogP contribution >= 0.6 is 11.8 Å². The number of hydrogen-bond donors (Lipinski definition) is 1. The van der Waals surface area contributed by atoms with Crippen molar-refractivity contribution in [3.8, 4) is 0 Å². The highest BCUT2D eigenvalue weighted by Gasteiger charge is 2.31. The fourth-order valence-electron chi connectivity index (χ4n) is 4.69. The third-order valence-electron chi connectivity index (χ3n) is 6.89. The maximum absolute atomic E-state index is 13.0. The monoisotopic (exact) mass is 477 g/mol. The minimum atomic E-state index is 0.0464. The van der Waals surface area contributed by atoms with E-state index in [9.17, 15) is 9.59 Å². The first-order valence-corrected chi connectivity index (χ1v) is 13.0. The smallest absolute Gasteiger partial charge is 0.253 e. The molecular formula is C26H31N5O2S. The third-order valence-corrected chi connectivity index (χ3v) is 7.83. The number of piperazine rings is 1. The molecule has 1 N–H and O–H groups in total. The second-order valence-corrected chi connectivity index (χ2v) is 10.2. The summed E-state index contributed by atoms with van der Waals surface area (Å²) in [6.07, 6.45) is 1.51. The highest BCUT2D eigenvalue weighted by Crippen LogP contribution is 2.25. The zero-order chi connectivity index (χ0) is 23.5. The van der Waals surface area contributed by atoms with E-state index in [0.717, 1.165) is 66.5 Å². The molecule has 2 aromatic carbocycles. The molecule has 2 aliphatic rings. The van der Waals surface area contributed by atoms with Gasteiger partial charge in [-0.15, -0.1) is 0 Å². The molecular weight excluding hydrogens is 446 g/mol. The van der Waals surface area contributed by atoms with E-state index >= 15 is 0 Å². The summed E-state index contributed by atoms with van der Waals surface area (Å²) in [6, 6.07) is 15.9. The summed E-state index contributed by atoms with van der Waals surface area (Å²) in [6.45, 7) is 4.80. The minimum absolute atomic E-state index is 0.0464. The number of aromatic nitrogens is 2. The van der Waals surface area contributed by atoms with E-state index in [1.54, 1.807) is 11.8 Å². The molecule has 8 heteroatoms. The number of hydrogen-bond acceptors (Lipinski definition) is 5. The molecule has 0 spiro atoms. The highest BCUT2D eigenvalue weighted by atomic mass is 32.2. The van der Waals surface area contributed by atoms with Crippen LogP contribution in [0.2, 0.25) is 0 Å². The molecule has 5 rings (SSSR count). The number of nitrogens with one attached hydrogen (secondary N) is 1. The standard InChI is InChI=1S/C26H31N5O2S/c1-29-14-16-31(17-15-29)25(33)21-10-12-30(13-11-21)24(32)20-8-6-19(7-9-20)18-34-26-27-22-4-2-3-5-23(22)28-26/h2-9,21H,10-18H2,1H3,(H,27,28). The predicted molar refractivity (Wildman–Crippen MR) is 135 cm³/mol. The van der Waals surface area contributed by atoms with Crippen molar-refractivity contribution >= 4 is 34.6 Å². The number of amides is 2. The van der Waals surface area contributed by atoms with Crippen molar-refractivity contribution in [3.05, 3.63) is 59.7 Å². The van der Waals surface area contributed by atoms with Crippen LogP contribution in [-0.4, -0.2) is 82.8 Å². The Labute approximate surface area is 204 Å². The van der Waals surface area contributed by atoms with Gasteiger partial charge in [0.2, 0.25) is 5.91 Å². The number of para-hydroxylation sites is 2. The normalized spacial score (nSPS) is 17.9. The van der Waals surface area contributed by atoms with Crippen molar-refractivity contribution in [2.75, 3.05) is 46.3 Å². The molecule has 2 fully saturated rings. The first-order chi connectivity index (χ1) is 16.6. The Balaban J connectivity index is 1.11. The average molecular weight is 478 g/mol. The van der Waals surface area contributed by atoms with E-state index in [1.807, 2.05) is 58.3 Å². The van der Waals surface area contributed by atoms with E-state index in [4.69, 9.17) is 0 Å². The van der Waals surface area contributed by atoms with Gasteiger partial charge in [0.25, 0.3) is 5.91 Å². The quantitative estimate of drug-likeness (QED) is 0.570. The van der Waals surface area contributed by atoms with Crippen molar-refractivity contribution in [2.45, 2.75) is 23.8 Å². The van der Waals surface area contributed by atoms with Crippen molar-refractivity contribution in [2.24, 2.45) is 5.92 Å². The van der Waals surface area contributed by atoms with Crippen LogP contribution in [0.15, 0.2) is 53.7 Å². The Kier molecular flexibility index (Phi) is 6.87. The molecule has 0 unspecified atom stereocenters. The lowest BCUT2D eigenvalue weighted by atomic mass is 9.94. The second kappa shape index (κ2) is 10.2. The topological polar surface area (TPSA) is 72.5 Å². The van der Waals surface area contributed by atoms with Crippen LogP contribution in [0.25, 0.3) is 11.0 Å². The molecule has 0 atom stereocenters. The van der Waals surface area contributed by atoms with Gasteiger partial charge in [0, 0.05) is 56.5 Å². The van der Waals surface area contributed by atoms with Crippen LogP contribution in [0, 0.1) is 5.92 Å². The van der Waals surface area contributed by atoms with Crippen molar-refractivity contribution in [3.63, 3.8) is 0 Å². The molecule has 34 heavy (non-hydrogen) atoms. The van der Waals surface area contributed by atoms with Crippen LogP contribution in [0.4, 0.5) is 0 Å². The minimum Gasteiger partial charge on any atom is -0.340 e. The molecule has 0 bridgehead atoms. The van der Waals surface area contributed by atoms with Gasteiger partial charge in [-0.05, 0) is 49.7 Å². The van der Waals surface area contributed by atoms with Gasteiger partial charge < -0.3 is 19.7 Å². The third kappa shape index (κ3) is 5.13. The summed E-state index contributed by atoms with van der Waals surface area (Å²) in [5.41, 5.74) is 3.87. The first-order valence-electron chi connectivity index (χ1n) is 12.0. The largest absolute Gasteiger partial charge is 0.340 e. The van der Waals surface area contributed by atoms with Crippen LogP contribution in [0.1, 0.15) is 28.8 Å². The Morgan fingerprint density at radius 2 is 1.65 bits per heavy atom. The van der Waals surface area contributed by atoms with Crippen molar-refractivity contribution in [1.82, 2.24) is 24.7 Å². The maximum atomic E-state index is 13.0. The number of carbonyl (C=O) groups excluding carboxylic acids is 2. The zero-order valence-corrected chi connectivity index (χ0v) is 20.4. The van der Waals surface area contributed by atoms with Gasteiger partial charge in [-0.3, -0.25) is 9.59 Å². The summed E-state index contributed by atoms with van der Waals surface area (Å²) in [5, 5.41) is 0.898. The van der Waals surface area contributed by atoms with Crippen LogP contribution < -0.4 is 0 Å².